The molecule has 0 radical (unpaired) electrons. The van der Waals surface area contributed by atoms with E-state index in [0.717, 1.165) is 35.4 Å². The molecule has 0 N–H and O–H groups in total. The molecule has 0 saturated carbocycles. The van der Waals surface area contributed by atoms with Crippen molar-refractivity contribution >= 4 is 48.2 Å². The average molecular weight is 555 g/mol. The van der Waals surface area contributed by atoms with E-state index in [9.17, 15) is 28.1 Å². The van der Waals surface area contributed by atoms with Gasteiger partial charge in [-0.1, -0.05) is 39.4 Å². The van der Waals surface area contributed by atoms with Crippen LogP contribution in [0.4, 0.5) is 24.0 Å². The van der Waals surface area contributed by atoms with Crippen molar-refractivity contribution < 1.29 is 18.1 Å². The summed E-state index contributed by atoms with van der Waals surface area (Å²) in [5, 5.41) is 11.4. The van der Waals surface area contributed by atoms with Crippen LogP contribution in [-0.2, 0) is 12.7 Å². The molecule has 2 fully saturated rings. The molecular weight excluding hydrogens is 537 g/mol. The fourth-order valence-electron chi connectivity index (χ4n) is 4.84. The van der Waals surface area contributed by atoms with Crippen LogP contribution < -0.4 is 10.5 Å². The van der Waals surface area contributed by atoms with E-state index in [1.165, 1.54) is 5.56 Å². The third kappa shape index (κ3) is 4.41. The van der Waals surface area contributed by atoms with Gasteiger partial charge in [-0.2, -0.15) is 18.2 Å². The Kier molecular flexibility index (Phi) is 5.85. The van der Waals surface area contributed by atoms with Crippen molar-refractivity contribution in [2.75, 3.05) is 31.1 Å². The fourth-order valence-corrected chi connectivity index (χ4v) is 6.37. The van der Waals surface area contributed by atoms with Gasteiger partial charge in [0.1, 0.15) is 4.70 Å². The maximum atomic E-state index is 13.2. The Morgan fingerprint density at radius 1 is 1.15 bits per heavy atom. The number of aromatic nitrogens is 1. The average Bonchev–Trinajstić information content (AvgIpc) is 3.31. The standard InChI is InChI=1S/C22H18BrF3N4O3S/c23-16-3-1-2-12(4-16)7-28-8-13-10-29(11-14(13)9-28)21-27-20(31)17-5-15(22(24,25)26)6-18(30(32)33)19(17)34-21/h1-6,13-14H,7-11H2. The number of non-ortho nitro benzene ring substituents is 1. The number of alkyl halides is 3. The van der Waals surface area contributed by atoms with Crippen LogP contribution >= 0.6 is 27.3 Å². The van der Waals surface area contributed by atoms with Crippen LogP contribution in [0.25, 0.3) is 10.1 Å². The number of likely N-dealkylation sites (tertiary alicyclic amines) is 1. The minimum atomic E-state index is -4.80. The molecule has 2 atom stereocenters. The predicted octanol–water partition coefficient (Wildman–Crippen LogP) is 4.91. The summed E-state index contributed by atoms with van der Waals surface area (Å²) in [7, 11) is 0. The largest absolute Gasteiger partial charge is 0.416 e. The highest BCUT2D eigenvalue weighted by molar-refractivity contribution is 9.10. The zero-order chi connectivity index (χ0) is 24.2. The van der Waals surface area contributed by atoms with Crippen LogP contribution in [-0.4, -0.2) is 41.0 Å². The lowest BCUT2D eigenvalue weighted by Crippen LogP contribution is -2.29. The minimum absolute atomic E-state index is 0.0821. The van der Waals surface area contributed by atoms with Gasteiger partial charge in [-0.15, -0.1) is 0 Å². The molecule has 1 aromatic heterocycles. The van der Waals surface area contributed by atoms with E-state index in [4.69, 9.17) is 0 Å². The molecule has 3 aromatic rings. The van der Waals surface area contributed by atoms with E-state index >= 15 is 0 Å². The monoisotopic (exact) mass is 554 g/mol. The van der Waals surface area contributed by atoms with Gasteiger partial charge < -0.3 is 4.90 Å². The van der Waals surface area contributed by atoms with Gasteiger partial charge in [0.15, 0.2) is 5.13 Å². The van der Waals surface area contributed by atoms with Gasteiger partial charge in [-0.3, -0.25) is 19.8 Å². The lowest BCUT2D eigenvalue weighted by molar-refractivity contribution is -0.383. The number of hydrogen-bond donors (Lipinski definition) is 0. The summed E-state index contributed by atoms with van der Waals surface area (Å²) in [6, 6.07) is 9.29. The highest BCUT2D eigenvalue weighted by Crippen LogP contribution is 2.40. The lowest BCUT2D eigenvalue weighted by atomic mass is 10.0. The molecule has 2 saturated heterocycles. The van der Waals surface area contributed by atoms with Gasteiger partial charge in [0, 0.05) is 43.3 Å². The van der Waals surface area contributed by atoms with Crippen molar-refractivity contribution in [2.45, 2.75) is 12.7 Å². The van der Waals surface area contributed by atoms with Crippen LogP contribution in [0.1, 0.15) is 11.1 Å². The van der Waals surface area contributed by atoms with Crippen molar-refractivity contribution in [3.05, 3.63) is 72.5 Å². The Hall–Kier alpha value is -2.57. The van der Waals surface area contributed by atoms with E-state index in [1.807, 2.05) is 17.0 Å². The number of anilines is 1. The normalized spacial score (nSPS) is 20.8. The molecule has 2 aliphatic rings. The number of hydrogen-bond acceptors (Lipinski definition) is 7. The maximum Gasteiger partial charge on any atom is 0.416 e. The van der Waals surface area contributed by atoms with Crippen molar-refractivity contribution in [2.24, 2.45) is 11.8 Å². The van der Waals surface area contributed by atoms with Gasteiger partial charge in [-0.05, 0) is 35.6 Å². The third-order valence-corrected chi connectivity index (χ3v) is 8.00. The number of nitro benzene ring substituents is 1. The summed E-state index contributed by atoms with van der Waals surface area (Å²) < 4.78 is 40.5. The Morgan fingerprint density at radius 3 is 2.47 bits per heavy atom. The quantitative estimate of drug-likeness (QED) is 0.336. The van der Waals surface area contributed by atoms with Crippen molar-refractivity contribution in [3.8, 4) is 0 Å². The number of benzene rings is 2. The summed E-state index contributed by atoms with van der Waals surface area (Å²) in [6.45, 7) is 3.88. The van der Waals surface area contributed by atoms with Gasteiger partial charge in [0.05, 0.1) is 15.9 Å². The Bertz CT molecular complexity index is 1340. The van der Waals surface area contributed by atoms with Crippen LogP contribution in [0.2, 0.25) is 0 Å². The van der Waals surface area contributed by atoms with Crippen molar-refractivity contribution in [1.29, 1.82) is 0 Å². The van der Waals surface area contributed by atoms with Gasteiger partial charge in [-0.25, -0.2) is 0 Å². The highest BCUT2D eigenvalue weighted by atomic mass is 79.9. The molecular formula is C22H18BrF3N4O3S. The van der Waals surface area contributed by atoms with Crippen LogP contribution in [0.5, 0.6) is 0 Å². The summed E-state index contributed by atoms with van der Waals surface area (Å²) in [4.78, 5) is 31.6. The summed E-state index contributed by atoms with van der Waals surface area (Å²) in [6.07, 6.45) is -4.80. The van der Waals surface area contributed by atoms with Crippen LogP contribution in [0.3, 0.4) is 0 Å². The van der Waals surface area contributed by atoms with Crippen LogP contribution in [0.15, 0.2) is 45.7 Å². The van der Waals surface area contributed by atoms with Crippen molar-refractivity contribution in [3.63, 3.8) is 0 Å². The molecule has 12 heteroatoms. The first-order valence-corrected chi connectivity index (χ1v) is 12.1. The van der Waals surface area contributed by atoms with Crippen molar-refractivity contribution in [1.82, 2.24) is 9.88 Å². The molecule has 0 spiro atoms. The SMILES string of the molecule is O=c1nc(N2CC3CN(Cc4cccc(Br)c4)CC3C2)sc2c([N+](=O)[O-])cc(C(F)(F)F)cc12. The van der Waals surface area contributed by atoms with Gasteiger partial charge in [0.2, 0.25) is 0 Å². The topological polar surface area (TPSA) is 79.6 Å². The molecule has 5 rings (SSSR count). The second-order valence-corrected chi connectivity index (χ2v) is 10.6. The molecule has 2 unspecified atom stereocenters. The Morgan fingerprint density at radius 2 is 1.85 bits per heavy atom. The second-order valence-electron chi connectivity index (χ2n) is 8.68. The van der Waals surface area contributed by atoms with E-state index in [0.29, 0.717) is 42.2 Å². The van der Waals surface area contributed by atoms with E-state index < -0.39 is 27.9 Å². The number of fused-ring (bicyclic) bond motifs is 2. The Labute approximate surface area is 204 Å². The van der Waals surface area contributed by atoms with E-state index in [2.05, 4.69) is 37.9 Å². The smallest absolute Gasteiger partial charge is 0.347 e. The molecule has 0 aliphatic carbocycles. The Balaban J connectivity index is 1.38. The van der Waals surface area contributed by atoms with E-state index in [-0.39, 0.29) is 10.1 Å². The lowest BCUT2D eigenvalue weighted by Gasteiger charge is -2.22. The highest BCUT2D eigenvalue weighted by Gasteiger charge is 2.41. The molecule has 3 heterocycles. The third-order valence-electron chi connectivity index (χ3n) is 6.34. The zero-order valence-electron chi connectivity index (χ0n) is 17.6. The maximum absolute atomic E-state index is 13.2. The zero-order valence-corrected chi connectivity index (χ0v) is 20.0. The number of nitro groups is 1. The number of rotatable bonds is 4. The molecule has 0 amide bonds. The molecule has 178 valence electrons. The first-order chi connectivity index (χ1) is 16.1. The fraction of sp³-hybridized carbons (Fsp3) is 0.364. The summed E-state index contributed by atoms with van der Waals surface area (Å²) in [5.74, 6) is 0.712. The molecule has 2 aromatic carbocycles. The molecule has 0 bridgehead atoms. The minimum Gasteiger partial charge on any atom is -0.347 e. The first-order valence-electron chi connectivity index (χ1n) is 10.5. The van der Waals surface area contributed by atoms with Gasteiger partial charge >= 0.3 is 6.18 Å². The molecule has 7 nitrogen and oxygen atoms in total. The second kappa shape index (κ2) is 8.58. The number of halogens is 4. The summed E-state index contributed by atoms with van der Waals surface area (Å²) >= 11 is 4.39. The van der Waals surface area contributed by atoms with Gasteiger partial charge in [0.25, 0.3) is 11.2 Å². The summed E-state index contributed by atoms with van der Waals surface area (Å²) in [5.41, 5.74) is -1.63. The predicted molar refractivity (Wildman–Crippen MR) is 126 cm³/mol. The molecule has 34 heavy (non-hydrogen) atoms. The molecule has 2 aliphatic heterocycles. The first kappa shape index (κ1) is 23.2. The van der Waals surface area contributed by atoms with E-state index in [1.54, 1.807) is 0 Å². The van der Waals surface area contributed by atoms with Crippen LogP contribution in [0, 0.1) is 22.0 Å². The number of nitrogens with zero attached hydrogens (tertiary/aromatic N) is 4.